The number of fused-ring (bicyclic) bond motifs is 10. The normalized spacial score (nSPS) is 14.0. The van der Waals surface area contributed by atoms with Crippen LogP contribution in [-0.4, -0.2) is 21.8 Å². The predicted octanol–water partition coefficient (Wildman–Crippen LogP) is 5.15. The molecule has 1 aliphatic heterocycles. The minimum Gasteiger partial charge on any atom is -0.353 e. The van der Waals surface area contributed by atoms with Crippen LogP contribution in [-0.2, 0) is 0 Å². The first-order valence-corrected chi connectivity index (χ1v) is 9.02. The molecule has 130 valence electrons. The zero-order valence-electron chi connectivity index (χ0n) is 13.5. The topological polar surface area (TPSA) is 77.8 Å². The molecule has 0 aliphatic carbocycles. The number of halogens is 2. The van der Waals surface area contributed by atoms with Gasteiger partial charge in [0.2, 0.25) is 0 Å². The van der Waals surface area contributed by atoms with E-state index in [-0.39, 0.29) is 11.8 Å². The number of imide groups is 1. The van der Waals surface area contributed by atoms with Crippen molar-refractivity contribution in [3.63, 3.8) is 0 Å². The van der Waals surface area contributed by atoms with Gasteiger partial charge >= 0.3 is 0 Å². The van der Waals surface area contributed by atoms with Crippen LogP contribution in [0.15, 0.2) is 36.4 Å². The highest BCUT2D eigenvalue weighted by Gasteiger charge is 2.34. The number of benzene rings is 3. The van der Waals surface area contributed by atoms with Gasteiger partial charge in [-0.15, -0.1) is 0 Å². The van der Waals surface area contributed by atoms with Gasteiger partial charge in [-0.2, -0.15) is 0 Å². The second-order valence-corrected chi connectivity index (χ2v) is 7.54. The van der Waals surface area contributed by atoms with E-state index in [1.165, 1.54) is 0 Å². The Balaban J connectivity index is 1.98. The SMILES string of the molecule is O=C1NC(=O)c2c1c1c3ccc(Cl)cc3[nH]c1c1[nH]c3cc(Cl)ccc3c21. The Kier molecular flexibility index (Phi) is 2.69. The van der Waals surface area contributed by atoms with E-state index in [1.54, 1.807) is 12.1 Å². The number of H-pyrrole nitrogens is 2. The summed E-state index contributed by atoms with van der Waals surface area (Å²) in [4.78, 5) is 32.0. The maximum atomic E-state index is 12.7. The summed E-state index contributed by atoms with van der Waals surface area (Å²) >= 11 is 12.3. The number of hydrogen-bond donors (Lipinski definition) is 3. The molecule has 27 heavy (non-hydrogen) atoms. The number of rotatable bonds is 0. The molecule has 0 atom stereocenters. The molecule has 3 N–H and O–H groups in total. The maximum absolute atomic E-state index is 12.7. The lowest BCUT2D eigenvalue weighted by Gasteiger charge is -2.02. The Morgan fingerprint density at radius 1 is 0.667 bits per heavy atom. The molecule has 2 aromatic heterocycles. The van der Waals surface area contributed by atoms with Crippen molar-refractivity contribution in [1.29, 1.82) is 0 Å². The second-order valence-electron chi connectivity index (χ2n) is 6.66. The van der Waals surface area contributed by atoms with Gasteiger partial charge in [-0.05, 0) is 24.3 Å². The lowest BCUT2D eigenvalue weighted by Crippen LogP contribution is -2.20. The Morgan fingerprint density at radius 3 is 1.56 bits per heavy atom. The van der Waals surface area contributed by atoms with Crippen LogP contribution >= 0.6 is 23.2 Å². The minimum atomic E-state index is -0.388. The van der Waals surface area contributed by atoms with Gasteiger partial charge in [0.15, 0.2) is 0 Å². The minimum absolute atomic E-state index is 0.388. The highest BCUT2D eigenvalue weighted by Crippen LogP contribution is 2.42. The summed E-state index contributed by atoms with van der Waals surface area (Å²) in [6, 6.07) is 10.9. The molecule has 3 heterocycles. The van der Waals surface area contributed by atoms with Crippen molar-refractivity contribution in [2.45, 2.75) is 0 Å². The van der Waals surface area contributed by atoms with Gasteiger partial charge in [0, 0.05) is 42.6 Å². The van der Waals surface area contributed by atoms with E-state index in [1.807, 2.05) is 24.3 Å². The molecule has 2 amide bonds. The number of aromatic amines is 2. The third kappa shape index (κ3) is 1.80. The summed E-state index contributed by atoms with van der Waals surface area (Å²) < 4.78 is 0. The highest BCUT2D eigenvalue weighted by atomic mass is 35.5. The molecular formula is C20H9Cl2N3O2. The van der Waals surface area contributed by atoms with Crippen molar-refractivity contribution in [1.82, 2.24) is 15.3 Å². The average molecular weight is 394 g/mol. The van der Waals surface area contributed by atoms with E-state index in [0.717, 1.165) is 32.8 Å². The van der Waals surface area contributed by atoms with E-state index in [0.29, 0.717) is 31.9 Å². The Labute approximate surface area is 161 Å². The van der Waals surface area contributed by atoms with Gasteiger partial charge in [-0.25, -0.2) is 0 Å². The quantitative estimate of drug-likeness (QED) is 0.318. The van der Waals surface area contributed by atoms with Gasteiger partial charge in [0.25, 0.3) is 11.8 Å². The van der Waals surface area contributed by atoms with Crippen LogP contribution in [0, 0.1) is 0 Å². The maximum Gasteiger partial charge on any atom is 0.259 e. The predicted molar refractivity (Wildman–Crippen MR) is 107 cm³/mol. The Hall–Kier alpha value is -3.02. The number of nitrogens with one attached hydrogen (secondary N) is 3. The first-order valence-electron chi connectivity index (χ1n) is 8.26. The van der Waals surface area contributed by atoms with Crippen molar-refractivity contribution < 1.29 is 9.59 Å². The largest absolute Gasteiger partial charge is 0.353 e. The number of aromatic nitrogens is 2. The van der Waals surface area contributed by atoms with Crippen LogP contribution in [0.4, 0.5) is 0 Å². The van der Waals surface area contributed by atoms with Crippen molar-refractivity contribution >= 4 is 78.6 Å². The zero-order valence-corrected chi connectivity index (χ0v) is 15.0. The molecule has 0 fully saturated rings. The molecule has 0 saturated heterocycles. The molecule has 3 aromatic carbocycles. The van der Waals surface area contributed by atoms with Gasteiger partial charge in [-0.3, -0.25) is 14.9 Å². The van der Waals surface area contributed by atoms with E-state index < -0.39 is 0 Å². The fraction of sp³-hybridized carbons (Fsp3) is 0. The van der Waals surface area contributed by atoms with Gasteiger partial charge in [-0.1, -0.05) is 35.3 Å². The van der Waals surface area contributed by atoms with E-state index in [9.17, 15) is 9.59 Å². The van der Waals surface area contributed by atoms with Crippen molar-refractivity contribution in [2.24, 2.45) is 0 Å². The van der Waals surface area contributed by atoms with Crippen molar-refractivity contribution in [3.05, 3.63) is 57.6 Å². The van der Waals surface area contributed by atoms with Crippen molar-refractivity contribution in [3.8, 4) is 0 Å². The fourth-order valence-electron chi connectivity index (χ4n) is 4.17. The molecule has 5 nitrogen and oxygen atoms in total. The van der Waals surface area contributed by atoms with Crippen LogP contribution < -0.4 is 5.32 Å². The van der Waals surface area contributed by atoms with Gasteiger partial charge < -0.3 is 9.97 Å². The summed E-state index contributed by atoms with van der Waals surface area (Å²) in [5, 5.41) is 6.73. The van der Waals surface area contributed by atoms with E-state index >= 15 is 0 Å². The lowest BCUT2D eigenvalue weighted by atomic mass is 9.97. The summed E-state index contributed by atoms with van der Waals surface area (Å²) in [7, 11) is 0. The number of carbonyl (C=O) groups is 2. The third-order valence-electron chi connectivity index (χ3n) is 5.20. The molecule has 1 aliphatic rings. The summed E-state index contributed by atoms with van der Waals surface area (Å²) in [6.07, 6.45) is 0. The molecule has 0 saturated carbocycles. The van der Waals surface area contributed by atoms with Gasteiger partial charge in [0.1, 0.15) is 0 Å². The van der Waals surface area contributed by atoms with Crippen LogP contribution in [0.2, 0.25) is 10.0 Å². The van der Waals surface area contributed by atoms with E-state index in [2.05, 4.69) is 15.3 Å². The molecule has 0 bridgehead atoms. The summed E-state index contributed by atoms with van der Waals surface area (Å²) in [5.41, 5.74) is 3.92. The second kappa shape index (κ2) is 4.82. The average Bonchev–Trinajstić information content (AvgIpc) is 3.25. The lowest BCUT2D eigenvalue weighted by molar-refractivity contribution is 0.0880. The number of carbonyl (C=O) groups excluding carboxylic acids is 2. The third-order valence-corrected chi connectivity index (χ3v) is 5.67. The van der Waals surface area contributed by atoms with Crippen LogP contribution in [0.5, 0.6) is 0 Å². The monoisotopic (exact) mass is 393 g/mol. The summed E-state index contributed by atoms with van der Waals surface area (Å²) in [5.74, 6) is -0.776. The van der Waals surface area contributed by atoms with Crippen LogP contribution in [0.25, 0.3) is 43.6 Å². The number of hydrogen-bond acceptors (Lipinski definition) is 2. The molecule has 0 spiro atoms. The fourth-order valence-corrected chi connectivity index (χ4v) is 4.51. The molecular weight excluding hydrogens is 385 g/mol. The van der Waals surface area contributed by atoms with Crippen LogP contribution in [0.1, 0.15) is 20.7 Å². The molecule has 0 radical (unpaired) electrons. The van der Waals surface area contributed by atoms with Crippen molar-refractivity contribution in [2.75, 3.05) is 0 Å². The molecule has 0 unspecified atom stereocenters. The highest BCUT2D eigenvalue weighted by molar-refractivity contribution is 6.40. The smallest absolute Gasteiger partial charge is 0.259 e. The molecule has 6 rings (SSSR count). The zero-order chi connectivity index (χ0) is 18.4. The first kappa shape index (κ1) is 15.1. The molecule has 5 aromatic rings. The Bertz CT molecular complexity index is 1400. The Morgan fingerprint density at radius 2 is 1.11 bits per heavy atom. The first-order chi connectivity index (χ1) is 13.0. The molecule has 7 heteroatoms. The van der Waals surface area contributed by atoms with E-state index in [4.69, 9.17) is 23.2 Å². The number of amides is 2. The van der Waals surface area contributed by atoms with Gasteiger partial charge in [0.05, 0.1) is 22.2 Å². The summed E-state index contributed by atoms with van der Waals surface area (Å²) in [6.45, 7) is 0. The standard InChI is InChI=1S/C20H9Cl2N3O2/c21-7-1-3-9-11(5-7)23-17-13(9)15-16(20(27)25-19(15)26)14-10-4-2-8(22)6-12(10)24-18(14)17/h1-6,23-24H,(H,25,26,27). The van der Waals surface area contributed by atoms with Crippen LogP contribution in [0.3, 0.4) is 0 Å².